The fourth-order valence-corrected chi connectivity index (χ4v) is 5.58. The van der Waals surface area contributed by atoms with Gasteiger partial charge in [-0.25, -0.2) is 13.4 Å². The molecule has 0 unspecified atom stereocenters. The molecule has 3 aromatic rings. The molecule has 1 N–H and O–H groups in total. The summed E-state index contributed by atoms with van der Waals surface area (Å²) in [5.41, 5.74) is 1.83. The average Bonchev–Trinajstić information content (AvgIpc) is 3.34. The highest BCUT2D eigenvalue weighted by atomic mass is 32.2. The molecule has 0 aliphatic carbocycles. The van der Waals surface area contributed by atoms with Crippen LogP contribution < -0.4 is 9.62 Å². The van der Waals surface area contributed by atoms with Crippen LogP contribution in [0.5, 0.6) is 0 Å². The zero-order chi connectivity index (χ0) is 19.9. The van der Waals surface area contributed by atoms with Gasteiger partial charge in [-0.3, -0.25) is 9.10 Å². The molecule has 146 valence electrons. The van der Waals surface area contributed by atoms with Crippen molar-refractivity contribution >= 4 is 38.6 Å². The first-order valence-corrected chi connectivity index (χ1v) is 11.2. The van der Waals surface area contributed by atoms with E-state index in [0.29, 0.717) is 45.7 Å². The topological polar surface area (TPSA) is 92.5 Å². The molecule has 1 aromatic carbocycles. The standard InChI is InChI=1S/C19H19N3O4S2/c1-12-4-9-16(26-12)19-20-13(2)17(27-19)18(23)21-14-5-7-15(8-6-14)22-10-3-11-28(22,24)25/h4-9H,3,10-11H2,1-2H3,(H,21,23). The summed E-state index contributed by atoms with van der Waals surface area (Å²) in [5, 5.41) is 3.50. The third-order valence-electron chi connectivity index (χ3n) is 4.47. The third-order valence-corrected chi connectivity index (χ3v) is 7.51. The van der Waals surface area contributed by atoms with E-state index < -0.39 is 10.0 Å². The highest BCUT2D eigenvalue weighted by molar-refractivity contribution is 7.93. The van der Waals surface area contributed by atoms with Gasteiger partial charge in [0.05, 0.1) is 17.1 Å². The van der Waals surface area contributed by atoms with Gasteiger partial charge in [-0.2, -0.15) is 0 Å². The largest absolute Gasteiger partial charge is 0.459 e. The monoisotopic (exact) mass is 417 g/mol. The molecule has 1 aliphatic heterocycles. The van der Waals surface area contributed by atoms with E-state index >= 15 is 0 Å². The lowest BCUT2D eigenvalue weighted by Gasteiger charge is -2.17. The Morgan fingerprint density at radius 1 is 1.18 bits per heavy atom. The van der Waals surface area contributed by atoms with Crippen molar-refractivity contribution in [3.8, 4) is 10.8 Å². The van der Waals surface area contributed by atoms with E-state index in [-0.39, 0.29) is 11.7 Å². The number of furan rings is 1. The summed E-state index contributed by atoms with van der Waals surface area (Å²) >= 11 is 1.27. The number of carbonyl (C=O) groups is 1. The normalized spacial score (nSPS) is 15.7. The minimum Gasteiger partial charge on any atom is -0.459 e. The number of anilines is 2. The van der Waals surface area contributed by atoms with E-state index in [1.54, 1.807) is 31.2 Å². The summed E-state index contributed by atoms with van der Waals surface area (Å²) in [5.74, 6) is 1.34. The van der Waals surface area contributed by atoms with Crippen LogP contribution in [0.4, 0.5) is 11.4 Å². The van der Waals surface area contributed by atoms with Gasteiger partial charge in [-0.15, -0.1) is 11.3 Å². The lowest BCUT2D eigenvalue weighted by atomic mass is 10.2. The fourth-order valence-electron chi connectivity index (χ4n) is 3.09. The van der Waals surface area contributed by atoms with Crippen molar-refractivity contribution in [1.82, 2.24) is 4.98 Å². The first kappa shape index (κ1) is 18.7. The maximum atomic E-state index is 12.7. The molecular formula is C19H19N3O4S2. The molecule has 7 nitrogen and oxygen atoms in total. The van der Waals surface area contributed by atoms with Crippen LogP contribution in [-0.4, -0.2) is 31.6 Å². The van der Waals surface area contributed by atoms with Gasteiger partial charge in [0.2, 0.25) is 10.0 Å². The summed E-state index contributed by atoms with van der Waals surface area (Å²) < 4.78 is 31.0. The molecule has 1 fully saturated rings. The van der Waals surface area contributed by atoms with E-state index in [2.05, 4.69) is 10.3 Å². The minimum absolute atomic E-state index is 0.174. The highest BCUT2D eigenvalue weighted by Gasteiger charge is 2.28. The van der Waals surface area contributed by atoms with Crippen molar-refractivity contribution < 1.29 is 17.6 Å². The summed E-state index contributed by atoms with van der Waals surface area (Å²) in [6.45, 7) is 4.13. The van der Waals surface area contributed by atoms with E-state index in [4.69, 9.17) is 4.42 Å². The Bertz CT molecular complexity index is 1130. The summed E-state index contributed by atoms with van der Waals surface area (Å²) in [4.78, 5) is 17.6. The number of nitrogens with zero attached hydrogens (tertiary/aromatic N) is 2. The van der Waals surface area contributed by atoms with Crippen LogP contribution >= 0.6 is 11.3 Å². The van der Waals surface area contributed by atoms with Crippen molar-refractivity contribution in [2.24, 2.45) is 0 Å². The number of aromatic nitrogens is 1. The number of amides is 1. The average molecular weight is 418 g/mol. The number of hydrogen-bond acceptors (Lipinski definition) is 6. The molecule has 3 heterocycles. The number of sulfonamides is 1. The second-order valence-electron chi connectivity index (χ2n) is 6.59. The zero-order valence-electron chi connectivity index (χ0n) is 15.4. The smallest absolute Gasteiger partial charge is 0.267 e. The predicted octanol–water partition coefficient (Wildman–Crippen LogP) is 3.81. The van der Waals surface area contributed by atoms with E-state index in [1.807, 2.05) is 19.1 Å². The van der Waals surface area contributed by atoms with E-state index in [9.17, 15) is 13.2 Å². The molecule has 0 atom stereocenters. The molecule has 9 heteroatoms. The van der Waals surface area contributed by atoms with Gasteiger partial charge in [0.25, 0.3) is 5.91 Å². The second-order valence-corrected chi connectivity index (χ2v) is 9.60. The van der Waals surface area contributed by atoms with Crippen molar-refractivity contribution in [1.29, 1.82) is 0 Å². The Morgan fingerprint density at radius 2 is 1.93 bits per heavy atom. The Balaban J connectivity index is 1.50. The third kappa shape index (κ3) is 3.55. The molecule has 0 radical (unpaired) electrons. The van der Waals surface area contributed by atoms with Crippen LogP contribution in [0.3, 0.4) is 0 Å². The Labute approximate surface area is 167 Å². The molecule has 1 saturated heterocycles. The SMILES string of the molecule is Cc1ccc(-c2nc(C)c(C(=O)Nc3ccc(N4CCCS4(=O)=O)cc3)s2)o1. The Morgan fingerprint density at radius 3 is 2.54 bits per heavy atom. The fraction of sp³-hybridized carbons (Fsp3) is 0.263. The lowest BCUT2D eigenvalue weighted by Crippen LogP contribution is -2.24. The highest BCUT2D eigenvalue weighted by Crippen LogP contribution is 2.30. The van der Waals surface area contributed by atoms with Gasteiger partial charge in [0, 0.05) is 12.2 Å². The van der Waals surface area contributed by atoms with Gasteiger partial charge in [-0.05, 0) is 56.7 Å². The molecule has 1 aliphatic rings. The van der Waals surface area contributed by atoms with Gasteiger partial charge in [0.1, 0.15) is 10.6 Å². The molecular weight excluding hydrogens is 398 g/mol. The van der Waals surface area contributed by atoms with Crippen LogP contribution in [0, 0.1) is 13.8 Å². The number of aryl methyl sites for hydroxylation is 2. The molecule has 1 amide bonds. The second kappa shape index (κ2) is 7.06. The van der Waals surface area contributed by atoms with Crippen molar-refractivity contribution in [3.05, 3.63) is 52.7 Å². The molecule has 0 spiro atoms. The zero-order valence-corrected chi connectivity index (χ0v) is 17.1. The van der Waals surface area contributed by atoms with Crippen LogP contribution in [0.25, 0.3) is 10.8 Å². The van der Waals surface area contributed by atoms with Gasteiger partial charge >= 0.3 is 0 Å². The number of hydrogen-bond donors (Lipinski definition) is 1. The molecule has 4 rings (SSSR count). The first-order valence-electron chi connectivity index (χ1n) is 8.79. The first-order chi connectivity index (χ1) is 13.3. The summed E-state index contributed by atoms with van der Waals surface area (Å²) in [6.07, 6.45) is 0.628. The Kier molecular flexibility index (Phi) is 4.72. The molecule has 0 saturated carbocycles. The predicted molar refractivity (Wildman–Crippen MR) is 109 cm³/mol. The van der Waals surface area contributed by atoms with Crippen LogP contribution in [0.1, 0.15) is 27.5 Å². The van der Waals surface area contributed by atoms with E-state index in [1.165, 1.54) is 15.6 Å². The van der Waals surface area contributed by atoms with Crippen LogP contribution in [0.2, 0.25) is 0 Å². The number of thiazole rings is 1. The van der Waals surface area contributed by atoms with E-state index in [0.717, 1.165) is 5.76 Å². The number of benzene rings is 1. The number of nitrogens with one attached hydrogen (secondary N) is 1. The van der Waals surface area contributed by atoms with Gasteiger partial charge in [-0.1, -0.05) is 0 Å². The van der Waals surface area contributed by atoms with Crippen molar-refractivity contribution in [2.45, 2.75) is 20.3 Å². The maximum Gasteiger partial charge on any atom is 0.267 e. The Hall–Kier alpha value is -2.65. The quantitative estimate of drug-likeness (QED) is 0.697. The van der Waals surface area contributed by atoms with Gasteiger partial charge < -0.3 is 9.73 Å². The lowest BCUT2D eigenvalue weighted by molar-refractivity contribution is 0.103. The molecule has 28 heavy (non-hydrogen) atoms. The van der Waals surface area contributed by atoms with Crippen LogP contribution in [-0.2, 0) is 10.0 Å². The minimum atomic E-state index is -3.22. The van der Waals surface area contributed by atoms with Crippen LogP contribution in [0.15, 0.2) is 40.8 Å². The van der Waals surface area contributed by atoms with Gasteiger partial charge in [0.15, 0.2) is 10.8 Å². The number of carbonyl (C=O) groups excluding carboxylic acids is 1. The molecule has 0 bridgehead atoms. The molecule has 2 aromatic heterocycles. The number of rotatable bonds is 4. The van der Waals surface area contributed by atoms with Crippen molar-refractivity contribution in [3.63, 3.8) is 0 Å². The van der Waals surface area contributed by atoms with Crippen molar-refractivity contribution in [2.75, 3.05) is 21.9 Å². The maximum absolute atomic E-state index is 12.7. The summed E-state index contributed by atoms with van der Waals surface area (Å²) in [7, 11) is -3.22. The summed E-state index contributed by atoms with van der Waals surface area (Å²) in [6, 6.07) is 10.5.